The Hall–Kier alpha value is -4.80. The van der Waals surface area contributed by atoms with Crippen LogP contribution in [0.25, 0.3) is 0 Å². The number of rotatable bonds is 75. The van der Waals surface area contributed by atoms with E-state index in [0.29, 0.717) is 25.7 Å². The van der Waals surface area contributed by atoms with E-state index in [1.807, 2.05) is 0 Å². The predicted molar refractivity (Wildman–Crippen MR) is 427 cm³/mol. The van der Waals surface area contributed by atoms with Crippen molar-refractivity contribution in [2.45, 2.75) is 341 Å². The van der Waals surface area contributed by atoms with Gasteiger partial charge in [-0.1, -0.05) is 296 Å². The first-order chi connectivity index (χ1) is 50.7. The lowest BCUT2D eigenvalue weighted by atomic mass is 10.0. The summed E-state index contributed by atoms with van der Waals surface area (Å²) in [5, 5.41) is 10.6. The van der Waals surface area contributed by atoms with Crippen LogP contribution in [-0.2, 0) is 65.4 Å². The molecule has 19 heteroatoms. The van der Waals surface area contributed by atoms with Crippen LogP contribution in [0.1, 0.15) is 323 Å². The minimum absolute atomic E-state index is 0.0671. The molecule has 0 saturated heterocycles. The van der Waals surface area contributed by atoms with Crippen LogP contribution >= 0.6 is 15.6 Å². The second kappa shape index (κ2) is 76.4. The fourth-order valence-electron chi connectivity index (χ4n) is 10.6. The van der Waals surface area contributed by atoms with Crippen molar-refractivity contribution in [1.29, 1.82) is 0 Å². The van der Waals surface area contributed by atoms with E-state index in [-0.39, 0.29) is 25.7 Å². The summed E-state index contributed by atoms with van der Waals surface area (Å²) in [6.07, 6.45) is 85.6. The van der Waals surface area contributed by atoms with E-state index in [1.54, 1.807) is 0 Å². The van der Waals surface area contributed by atoms with Gasteiger partial charge in [0.25, 0.3) is 0 Å². The Morgan fingerprint density at radius 1 is 0.279 bits per heavy atom. The Morgan fingerprint density at radius 2 is 0.500 bits per heavy atom. The molecule has 0 heterocycles. The highest BCUT2D eigenvalue weighted by molar-refractivity contribution is 7.47. The topological polar surface area (TPSA) is 237 Å². The predicted octanol–water partition coefficient (Wildman–Crippen LogP) is 23.7. The molecule has 0 aromatic heterocycles. The zero-order chi connectivity index (χ0) is 76.0. The smallest absolute Gasteiger partial charge is 0.462 e. The van der Waals surface area contributed by atoms with Gasteiger partial charge in [-0.15, -0.1) is 0 Å². The zero-order valence-corrected chi connectivity index (χ0v) is 66.9. The van der Waals surface area contributed by atoms with Crippen molar-refractivity contribution < 1.29 is 80.2 Å². The van der Waals surface area contributed by atoms with Crippen LogP contribution in [0.3, 0.4) is 0 Å². The van der Waals surface area contributed by atoms with Crippen molar-refractivity contribution >= 4 is 39.5 Å². The number of carbonyl (C=O) groups excluding carboxylic acids is 4. The van der Waals surface area contributed by atoms with Gasteiger partial charge in [0, 0.05) is 25.7 Å². The molecule has 0 aromatic carbocycles. The molecule has 0 radical (unpaired) electrons. The second-order valence-electron chi connectivity index (χ2n) is 26.6. The molecule has 0 spiro atoms. The Labute approximate surface area is 631 Å². The third-order valence-electron chi connectivity index (χ3n) is 16.6. The molecule has 5 atom stereocenters. The lowest BCUT2D eigenvalue weighted by Crippen LogP contribution is -2.30. The van der Waals surface area contributed by atoms with Crippen LogP contribution in [0.5, 0.6) is 0 Å². The molecule has 0 rings (SSSR count). The summed E-state index contributed by atoms with van der Waals surface area (Å²) in [5.41, 5.74) is 0. The molecular weight excluding hydrogens is 1350 g/mol. The number of unbranched alkanes of at least 4 members (excludes halogenated alkanes) is 27. The third kappa shape index (κ3) is 75.4. The van der Waals surface area contributed by atoms with Crippen molar-refractivity contribution in [1.82, 2.24) is 0 Å². The molecule has 0 bridgehead atoms. The average Bonchev–Trinajstić information content (AvgIpc) is 0.939. The van der Waals surface area contributed by atoms with Gasteiger partial charge in [0.1, 0.15) is 19.3 Å². The molecule has 104 heavy (non-hydrogen) atoms. The lowest BCUT2D eigenvalue weighted by Gasteiger charge is -2.21. The van der Waals surface area contributed by atoms with Crippen LogP contribution in [0.2, 0.25) is 0 Å². The molecule has 3 N–H and O–H groups in total. The number of carbonyl (C=O) groups is 4. The largest absolute Gasteiger partial charge is 0.472 e. The monoisotopic (exact) mass is 1500 g/mol. The zero-order valence-electron chi connectivity index (χ0n) is 65.2. The Bertz CT molecular complexity index is 2490. The lowest BCUT2D eigenvalue weighted by molar-refractivity contribution is -0.161. The van der Waals surface area contributed by atoms with E-state index in [1.165, 1.54) is 51.4 Å². The molecule has 0 aliphatic rings. The molecule has 17 nitrogen and oxygen atoms in total. The number of aliphatic hydroxyl groups is 1. The van der Waals surface area contributed by atoms with Gasteiger partial charge >= 0.3 is 39.5 Å². The van der Waals surface area contributed by atoms with Gasteiger partial charge in [-0.3, -0.25) is 37.3 Å². The molecule has 0 amide bonds. The quantitative estimate of drug-likeness (QED) is 0.0169. The van der Waals surface area contributed by atoms with Gasteiger partial charge in [-0.25, -0.2) is 9.13 Å². The first-order valence-corrected chi connectivity index (χ1v) is 43.4. The van der Waals surface area contributed by atoms with E-state index in [0.717, 1.165) is 193 Å². The van der Waals surface area contributed by atoms with E-state index in [2.05, 4.69) is 161 Å². The fraction of sp³-hybridized carbons (Fsp3) is 0.694. The highest BCUT2D eigenvalue weighted by atomic mass is 31.2. The number of ether oxygens (including phenoxy) is 4. The maximum Gasteiger partial charge on any atom is 0.472 e. The number of allylic oxidation sites excluding steroid dienone is 22. The van der Waals surface area contributed by atoms with E-state index < -0.39 is 97.5 Å². The molecule has 0 aliphatic heterocycles. The van der Waals surface area contributed by atoms with E-state index in [9.17, 15) is 43.2 Å². The summed E-state index contributed by atoms with van der Waals surface area (Å²) < 4.78 is 68.6. The SMILES string of the molecule is CC/C=C\C/C=C\C/C=C\C/C=C\CCCCCCCCC(=O)OCC(COP(=O)(O)OCC(O)COP(=O)(O)OCC(COC(=O)CCCCCC/C=C\C/C=C\C/C=C\C/C=C\CC)OC(=O)CCCCCCC/C=C\C/C=C\C/C=C\CC)OC(=O)CCCCCCCCCCCCCCC. The maximum absolute atomic E-state index is 13.1. The van der Waals surface area contributed by atoms with Crippen molar-refractivity contribution in [3.63, 3.8) is 0 Å². The van der Waals surface area contributed by atoms with Crippen molar-refractivity contribution in [3.05, 3.63) is 134 Å². The van der Waals surface area contributed by atoms with Gasteiger partial charge in [0.15, 0.2) is 12.2 Å². The summed E-state index contributed by atoms with van der Waals surface area (Å²) in [5.74, 6) is -2.23. The highest BCUT2D eigenvalue weighted by Crippen LogP contribution is 2.45. The van der Waals surface area contributed by atoms with Crippen LogP contribution in [0.4, 0.5) is 0 Å². The Balaban J connectivity index is 5.38. The minimum Gasteiger partial charge on any atom is -0.462 e. The van der Waals surface area contributed by atoms with Crippen LogP contribution < -0.4 is 0 Å². The molecule has 5 unspecified atom stereocenters. The van der Waals surface area contributed by atoms with Gasteiger partial charge in [-0.05, 0) is 135 Å². The number of hydrogen-bond acceptors (Lipinski definition) is 15. The first-order valence-electron chi connectivity index (χ1n) is 40.4. The van der Waals surface area contributed by atoms with Gasteiger partial charge < -0.3 is 33.8 Å². The van der Waals surface area contributed by atoms with Crippen molar-refractivity contribution in [2.24, 2.45) is 0 Å². The van der Waals surface area contributed by atoms with Crippen LogP contribution in [-0.4, -0.2) is 96.7 Å². The van der Waals surface area contributed by atoms with Gasteiger partial charge in [0.2, 0.25) is 0 Å². The molecule has 0 fully saturated rings. The number of hydrogen-bond donors (Lipinski definition) is 3. The fourth-order valence-corrected chi connectivity index (χ4v) is 12.1. The van der Waals surface area contributed by atoms with Crippen molar-refractivity contribution in [3.8, 4) is 0 Å². The Kier molecular flexibility index (Phi) is 72.9. The number of phosphoric ester groups is 2. The highest BCUT2D eigenvalue weighted by Gasteiger charge is 2.30. The summed E-state index contributed by atoms with van der Waals surface area (Å²) >= 11 is 0. The molecule has 596 valence electrons. The van der Waals surface area contributed by atoms with Crippen LogP contribution in [0.15, 0.2) is 134 Å². The standard InChI is InChI=1S/C85H144O17P2/c1-5-9-13-17-21-25-29-33-36-38-39-41-44-47-50-54-58-62-66-70-83(88)95-75-80(101-84(89)71-67-63-59-55-51-45-32-28-24-20-16-12-8-4)77-99-103(91,92)97-73-79(86)74-98-104(93,94)100-78-81(102-85(90)72-68-64-60-56-52-48-42-35-31-27-23-19-15-11-7-3)76-96-82(87)69-65-61-57-53-49-46-43-40-37-34-30-26-22-18-14-10-6-2/h9-11,13-15,21-23,25-27,33-37,39,41-43,46,79-81,86H,5-8,12,16-20,24,28-32,38,40,44-45,47-78H2,1-4H3,(H,91,92)(H,93,94)/b13-9-,14-10-,15-11-,25-21-,26-22-,27-23-,36-33-,37-34-,41-39-,42-35-,46-43-. The summed E-state index contributed by atoms with van der Waals surface area (Å²) in [6, 6.07) is 0. The third-order valence-corrected chi connectivity index (χ3v) is 18.5. The summed E-state index contributed by atoms with van der Waals surface area (Å²) in [4.78, 5) is 73.1. The summed E-state index contributed by atoms with van der Waals surface area (Å²) in [7, 11) is -9.97. The second-order valence-corrected chi connectivity index (χ2v) is 29.5. The van der Waals surface area contributed by atoms with E-state index >= 15 is 0 Å². The summed E-state index contributed by atoms with van der Waals surface area (Å²) in [6.45, 7) is 4.50. The minimum atomic E-state index is -4.99. The average molecular weight is 1500 g/mol. The number of aliphatic hydroxyl groups excluding tert-OH is 1. The first kappa shape index (κ1) is 99.2. The molecule has 0 aromatic rings. The normalized spacial score (nSPS) is 14.6. The van der Waals surface area contributed by atoms with Crippen LogP contribution in [0, 0.1) is 0 Å². The maximum atomic E-state index is 13.1. The van der Waals surface area contributed by atoms with Gasteiger partial charge in [0.05, 0.1) is 26.4 Å². The molecule has 0 aliphatic carbocycles. The van der Waals surface area contributed by atoms with Gasteiger partial charge in [-0.2, -0.15) is 0 Å². The Morgan fingerprint density at radius 3 is 0.769 bits per heavy atom. The number of esters is 4. The molecular formula is C85H144O17P2. The van der Waals surface area contributed by atoms with Crippen molar-refractivity contribution in [2.75, 3.05) is 39.6 Å². The number of phosphoric acid groups is 2. The molecule has 0 saturated carbocycles. The van der Waals surface area contributed by atoms with E-state index in [4.69, 9.17) is 37.0 Å².